The zero-order valence-corrected chi connectivity index (χ0v) is 20.7. The molecule has 0 radical (unpaired) electrons. The Labute approximate surface area is 205 Å². The van der Waals surface area contributed by atoms with Crippen LogP contribution in [0, 0.1) is 11.7 Å². The summed E-state index contributed by atoms with van der Waals surface area (Å²) >= 11 is 9.45. The van der Waals surface area contributed by atoms with E-state index in [0.717, 1.165) is 66.9 Å². The molecule has 176 valence electrons. The number of aromatic nitrogens is 4. The lowest BCUT2D eigenvalue weighted by atomic mass is 9.87. The van der Waals surface area contributed by atoms with Gasteiger partial charge in [-0.1, -0.05) is 17.7 Å². The minimum Gasteiger partial charge on any atom is -0.372 e. The first-order valence-corrected chi connectivity index (χ1v) is 12.7. The molecule has 4 heterocycles. The van der Waals surface area contributed by atoms with Crippen molar-refractivity contribution in [1.29, 1.82) is 0 Å². The molecule has 1 atom stereocenters. The number of H-pyrrole nitrogens is 1. The van der Waals surface area contributed by atoms with E-state index in [-0.39, 0.29) is 17.0 Å². The third kappa shape index (κ3) is 5.01. The molecule has 0 saturated carbocycles. The van der Waals surface area contributed by atoms with Gasteiger partial charge in [-0.3, -0.25) is 5.10 Å². The van der Waals surface area contributed by atoms with Gasteiger partial charge in [0.05, 0.1) is 23.1 Å². The van der Waals surface area contributed by atoms with Gasteiger partial charge in [-0.2, -0.15) is 5.10 Å². The molecule has 0 amide bonds. The van der Waals surface area contributed by atoms with E-state index in [1.807, 2.05) is 6.07 Å². The number of hydrogen-bond acceptors (Lipinski definition) is 6. The van der Waals surface area contributed by atoms with Crippen LogP contribution in [0.5, 0.6) is 0 Å². The van der Waals surface area contributed by atoms with E-state index < -0.39 is 5.82 Å². The molecule has 0 unspecified atom stereocenters. The standard InChI is InChI=1S/C23H27BrClFN6O/c24-21-19-22(30-29-21)27-14-28-23(19)32-9-5-15(6-10-32)20(16-3-4-17(25)18(26)13-16)33-12-11-31-7-1-2-8-31/h3-4,13-15,20H,1-2,5-12H2,(H,27,28,29,30)/t20-/m1/s1. The first-order valence-electron chi connectivity index (χ1n) is 11.5. The van der Waals surface area contributed by atoms with E-state index in [1.165, 1.54) is 18.9 Å². The van der Waals surface area contributed by atoms with Gasteiger partial charge in [0.25, 0.3) is 0 Å². The predicted octanol–water partition coefficient (Wildman–Crippen LogP) is 4.98. The number of aromatic amines is 1. The van der Waals surface area contributed by atoms with Gasteiger partial charge in [-0.05, 0) is 78.3 Å². The van der Waals surface area contributed by atoms with Gasteiger partial charge in [-0.15, -0.1) is 0 Å². The van der Waals surface area contributed by atoms with E-state index in [9.17, 15) is 4.39 Å². The molecule has 7 nitrogen and oxygen atoms in total. The first-order chi connectivity index (χ1) is 16.1. The fourth-order valence-corrected chi connectivity index (χ4v) is 5.54. The number of hydrogen-bond donors (Lipinski definition) is 1. The summed E-state index contributed by atoms with van der Waals surface area (Å²) in [6.07, 6.45) is 5.75. The summed E-state index contributed by atoms with van der Waals surface area (Å²) in [4.78, 5) is 13.5. The summed E-state index contributed by atoms with van der Waals surface area (Å²) in [6, 6.07) is 5.06. The van der Waals surface area contributed by atoms with Crippen molar-refractivity contribution in [3.63, 3.8) is 0 Å². The number of piperidine rings is 1. The fourth-order valence-electron chi connectivity index (χ4n) is 4.97. The number of rotatable bonds is 7. The molecule has 2 aliphatic rings. The predicted molar refractivity (Wildman–Crippen MR) is 130 cm³/mol. The summed E-state index contributed by atoms with van der Waals surface area (Å²) in [5.41, 5.74) is 1.58. The fraction of sp³-hybridized carbons (Fsp3) is 0.522. The van der Waals surface area contributed by atoms with Crippen LogP contribution < -0.4 is 4.90 Å². The zero-order valence-electron chi connectivity index (χ0n) is 18.3. The monoisotopic (exact) mass is 536 g/mol. The van der Waals surface area contributed by atoms with Crippen molar-refractivity contribution in [3.05, 3.63) is 45.5 Å². The van der Waals surface area contributed by atoms with Gasteiger partial charge in [0.15, 0.2) is 5.65 Å². The number of anilines is 1. The maximum absolute atomic E-state index is 14.3. The number of ether oxygens (including phenoxy) is 1. The Morgan fingerprint density at radius 3 is 2.73 bits per heavy atom. The van der Waals surface area contributed by atoms with Crippen LogP contribution >= 0.6 is 27.5 Å². The number of halogens is 3. The molecule has 10 heteroatoms. The molecule has 5 rings (SSSR count). The average Bonchev–Trinajstić information content (AvgIpc) is 3.49. The second-order valence-electron chi connectivity index (χ2n) is 8.77. The smallest absolute Gasteiger partial charge is 0.161 e. The van der Waals surface area contributed by atoms with Gasteiger partial charge in [0, 0.05) is 19.6 Å². The van der Waals surface area contributed by atoms with Crippen LogP contribution in [0.3, 0.4) is 0 Å². The maximum atomic E-state index is 14.3. The zero-order chi connectivity index (χ0) is 22.8. The number of nitrogens with zero attached hydrogens (tertiary/aromatic N) is 5. The van der Waals surface area contributed by atoms with Crippen LogP contribution in [0.2, 0.25) is 5.02 Å². The molecule has 2 aliphatic heterocycles. The van der Waals surface area contributed by atoms with Crippen molar-refractivity contribution in [3.8, 4) is 0 Å². The van der Waals surface area contributed by atoms with E-state index in [1.54, 1.807) is 12.4 Å². The normalized spacial score (nSPS) is 18.9. The summed E-state index contributed by atoms with van der Waals surface area (Å²) in [6.45, 7) is 5.49. The van der Waals surface area contributed by atoms with Crippen LogP contribution in [0.1, 0.15) is 37.4 Å². The molecule has 1 N–H and O–H groups in total. The second kappa shape index (κ2) is 10.2. The van der Waals surface area contributed by atoms with Gasteiger partial charge in [-0.25, -0.2) is 14.4 Å². The molecule has 0 aliphatic carbocycles. The minimum absolute atomic E-state index is 0.142. The summed E-state index contributed by atoms with van der Waals surface area (Å²) in [7, 11) is 0. The summed E-state index contributed by atoms with van der Waals surface area (Å²) < 4.78 is 21.4. The Morgan fingerprint density at radius 1 is 1.18 bits per heavy atom. The van der Waals surface area contributed by atoms with Crippen molar-refractivity contribution in [2.45, 2.75) is 31.8 Å². The van der Waals surface area contributed by atoms with Crippen LogP contribution in [-0.4, -0.2) is 64.4 Å². The van der Waals surface area contributed by atoms with Gasteiger partial charge in [0.2, 0.25) is 0 Å². The average molecular weight is 538 g/mol. The number of nitrogens with one attached hydrogen (secondary N) is 1. The highest BCUT2D eigenvalue weighted by molar-refractivity contribution is 9.10. The highest BCUT2D eigenvalue weighted by Crippen LogP contribution is 2.37. The van der Waals surface area contributed by atoms with E-state index in [2.05, 4.69) is 45.9 Å². The summed E-state index contributed by atoms with van der Waals surface area (Å²) in [5, 5.41) is 8.17. The van der Waals surface area contributed by atoms with Crippen LogP contribution in [0.4, 0.5) is 10.2 Å². The minimum atomic E-state index is -0.395. The topological polar surface area (TPSA) is 70.2 Å². The number of fused-ring (bicyclic) bond motifs is 1. The van der Waals surface area contributed by atoms with Crippen LogP contribution in [0.25, 0.3) is 11.0 Å². The first kappa shape index (κ1) is 23.0. The Hall–Kier alpha value is -1.81. The summed E-state index contributed by atoms with van der Waals surface area (Å²) in [5.74, 6) is 0.765. The quantitative estimate of drug-likeness (QED) is 0.459. The molecule has 2 saturated heterocycles. The van der Waals surface area contributed by atoms with Crippen LogP contribution in [0.15, 0.2) is 29.1 Å². The highest BCUT2D eigenvalue weighted by Gasteiger charge is 2.31. The lowest BCUT2D eigenvalue weighted by molar-refractivity contribution is -0.00530. The molecule has 33 heavy (non-hydrogen) atoms. The largest absolute Gasteiger partial charge is 0.372 e. The molecule has 1 aromatic carbocycles. The van der Waals surface area contributed by atoms with E-state index >= 15 is 0 Å². The molecule has 0 bridgehead atoms. The van der Waals surface area contributed by atoms with Crippen molar-refractivity contribution < 1.29 is 9.13 Å². The SMILES string of the molecule is Fc1cc([C@H](OCCN2CCCC2)C2CCN(c3ncnc4[nH]nc(Br)c34)CC2)ccc1Cl. The Balaban J connectivity index is 1.30. The Bertz CT molecular complexity index is 1100. The van der Waals surface area contributed by atoms with Crippen LogP contribution in [-0.2, 0) is 4.74 Å². The second-order valence-corrected chi connectivity index (χ2v) is 9.93. The highest BCUT2D eigenvalue weighted by atomic mass is 79.9. The number of likely N-dealkylation sites (tertiary alicyclic amines) is 1. The lowest BCUT2D eigenvalue weighted by Gasteiger charge is -2.37. The van der Waals surface area contributed by atoms with E-state index in [4.69, 9.17) is 16.3 Å². The van der Waals surface area contributed by atoms with Crippen molar-refractivity contribution >= 4 is 44.4 Å². The van der Waals surface area contributed by atoms with E-state index in [0.29, 0.717) is 12.3 Å². The Morgan fingerprint density at radius 2 is 1.97 bits per heavy atom. The molecule has 2 aromatic heterocycles. The molecular formula is C23H27BrClFN6O. The molecule has 2 fully saturated rings. The molecule has 3 aromatic rings. The number of benzene rings is 1. The van der Waals surface area contributed by atoms with Crippen molar-refractivity contribution in [2.24, 2.45) is 5.92 Å². The van der Waals surface area contributed by atoms with Crippen molar-refractivity contribution in [2.75, 3.05) is 44.2 Å². The van der Waals surface area contributed by atoms with Gasteiger partial charge in [0.1, 0.15) is 22.6 Å². The third-order valence-corrected chi connectivity index (χ3v) is 7.62. The third-order valence-electron chi connectivity index (χ3n) is 6.74. The maximum Gasteiger partial charge on any atom is 0.161 e. The molecule has 0 spiro atoms. The van der Waals surface area contributed by atoms with Gasteiger partial charge >= 0.3 is 0 Å². The van der Waals surface area contributed by atoms with Crippen molar-refractivity contribution in [1.82, 2.24) is 25.1 Å². The Kier molecular flexibility index (Phi) is 7.10. The lowest BCUT2D eigenvalue weighted by Crippen LogP contribution is -2.37. The molecular weight excluding hydrogens is 511 g/mol. The van der Waals surface area contributed by atoms with Gasteiger partial charge < -0.3 is 14.5 Å².